The van der Waals surface area contributed by atoms with Crippen molar-refractivity contribution in [3.05, 3.63) is 53.7 Å². The molecule has 0 atom stereocenters. The predicted molar refractivity (Wildman–Crippen MR) is 110 cm³/mol. The maximum atomic E-state index is 12.2. The van der Waals surface area contributed by atoms with Crippen molar-refractivity contribution in [2.45, 2.75) is 12.8 Å². The zero-order chi connectivity index (χ0) is 20.6. The molecular formula is C20H24N6O3. The van der Waals surface area contributed by atoms with Crippen molar-refractivity contribution in [1.29, 1.82) is 5.41 Å². The highest BCUT2D eigenvalue weighted by Crippen LogP contribution is 2.20. The molecule has 3 heterocycles. The SMILES string of the molecule is COc1cc(/C(C=N)=C(\O)Nc2ccc(C(=O)NCN3CCCC3)cn2)ccn1. The number of rotatable bonds is 8. The largest absolute Gasteiger partial charge is 0.494 e. The fourth-order valence-electron chi connectivity index (χ4n) is 2.99. The van der Waals surface area contributed by atoms with E-state index in [0.29, 0.717) is 29.5 Å². The number of methoxy groups -OCH3 is 1. The van der Waals surface area contributed by atoms with Crippen LogP contribution in [0.15, 0.2) is 42.5 Å². The fourth-order valence-corrected chi connectivity index (χ4v) is 2.99. The van der Waals surface area contributed by atoms with E-state index in [1.807, 2.05) is 0 Å². The van der Waals surface area contributed by atoms with Gasteiger partial charge in [0.2, 0.25) is 5.88 Å². The molecule has 0 unspecified atom stereocenters. The summed E-state index contributed by atoms with van der Waals surface area (Å²) in [5.41, 5.74) is 1.25. The Hall–Kier alpha value is -3.46. The number of hydrogen-bond acceptors (Lipinski definition) is 8. The molecule has 0 spiro atoms. The molecule has 152 valence electrons. The van der Waals surface area contributed by atoms with Crippen LogP contribution in [-0.2, 0) is 0 Å². The monoisotopic (exact) mass is 396 g/mol. The van der Waals surface area contributed by atoms with Crippen LogP contribution in [0.3, 0.4) is 0 Å². The summed E-state index contributed by atoms with van der Waals surface area (Å²) in [5.74, 6) is 0.280. The molecule has 1 amide bonds. The number of aromatic nitrogens is 2. The minimum Gasteiger partial charge on any atom is -0.494 e. The number of allylic oxidation sites excluding steroid dienone is 1. The van der Waals surface area contributed by atoms with Crippen molar-refractivity contribution in [1.82, 2.24) is 20.2 Å². The molecular weight excluding hydrogens is 372 g/mol. The van der Waals surface area contributed by atoms with Crippen LogP contribution in [0.25, 0.3) is 5.57 Å². The maximum Gasteiger partial charge on any atom is 0.253 e. The summed E-state index contributed by atoms with van der Waals surface area (Å²) < 4.78 is 5.07. The Morgan fingerprint density at radius 2 is 2.07 bits per heavy atom. The summed E-state index contributed by atoms with van der Waals surface area (Å²) in [5, 5.41) is 23.6. The number of anilines is 1. The van der Waals surface area contributed by atoms with Gasteiger partial charge < -0.3 is 25.9 Å². The van der Waals surface area contributed by atoms with Crippen LogP contribution in [0.5, 0.6) is 5.88 Å². The lowest BCUT2D eigenvalue weighted by atomic mass is 10.1. The van der Waals surface area contributed by atoms with Crippen LogP contribution in [-0.4, -0.2) is 59.0 Å². The van der Waals surface area contributed by atoms with Crippen molar-refractivity contribution in [2.24, 2.45) is 0 Å². The summed E-state index contributed by atoms with van der Waals surface area (Å²) in [6.07, 6.45) is 6.32. The molecule has 1 aliphatic heterocycles. The Bertz CT molecular complexity index is 891. The highest BCUT2D eigenvalue weighted by atomic mass is 16.5. The summed E-state index contributed by atoms with van der Waals surface area (Å²) in [6, 6.07) is 6.48. The number of ether oxygens (including phenoxy) is 1. The predicted octanol–water partition coefficient (Wildman–Crippen LogP) is 2.26. The van der Waals surface area contributed by atoms with Gasteiger partial charge in [0, 0.05) is 24.7 Å². The maximum absolute atomic E-state index is 12.2. The second-order valence-electron chi connectivity index (χ2n) is 6.54. The standard InChI is InChI=1S/C20H24N6O3/c1-29-18-10-14(6-7-22-18)16(11-21)20(28)25-17-5-4-15(12-23-17)19(27)24-13-26-8-2-3-9-26/h4-7,10-12,21,28H,2-3,8-9,13H2,1H3,(H,23,25)(H,24,27)/b20-16-,21-11?. The Morgan fingerprint density at radius 3 is 2.72 bits per heavy atom. The quantitative estimate of drug-likeness (QED) is 0.399. The minimum atomic E-state index is -0.244. The Labute approximate surface area is 168 Å². The number of aliphatic hydroxyl groups is 1. The molecule has 1 aliphatic rings. The summed E-state index contributed by atoms with van der Waals surface area (Å²) in [7, 11) is 1.49. The van der Waals surface area contributed by atoms with Crippen LogP contribution >= 0.6 is 0 Å². The van der Waals surface area contributed by atoms with Crippen LogP contribution in [0.4, 0.5) is 5.82 Å². The Balaban J connectivity index is 1.66. The number of hydrogen-bond donors (Lipinski definition) is 4. The smallest absolute Gasteiger partial charge is 0.253 e. The fraction of sp³-hybridized carbons (Fsp3) is 0.300. The molecule has 0 bridgehead atoms. The van der Waals surface area contributed by atoms with Gasteiger partial charge in [0.05, 0.1) is 24.9 Å². The molecule has 4 N–H and O–H groups in total. The third-order valence-electron chi connectivity index (χ3n) is 4.59. The van der Waals surface area contributed by atoms with Crippen LogP contribution in [0.1, 0.15) is 28.8 Å². The normalized spacial score (nSPS) is 14.8. The second kappa shape index (κ2) is 9.65. The van der Waals surface area contributed by atoms with Gasteiger partial charge in [-0.05, 0) is 49.7 Å². The summed E-state index contributed by atoms with van der Waals surface area (Å²) in [4.78, 5) is 22.6. The molecule has 2 aromatic heterocycles. The first-order valence-corrected chi connectivity index (χ1v) is 9.28. The average Bonchev–Trinajstić information content (AvgIpc) is 3.27. The average molecular weight is 396 g/mol. The van der Waals surface area contributed by atoms with Crippen LogP contribution in [0.2, 0.25) is 0 Å². The molecule has 2 aromatic rings. The molecule has 9 nitrogen and oxygen atoms in total. The lowest BCUT2D eigenvalue weighted by Crippen LogP contribution is -2.35. The third-order valence-corrected chi connectivity index (χ3v) is 4.59. The van der Waals surface area contributed by atoms with Crippen molar-refractivity contribution >= 4 is 23.5 Å². The first-order chi connectivity index (χ1) is 14.1. The van der Waals surface area contributed by atoms with Gasteiger partial charge in [0.1, 0.15) is 5.82 Å². The van der Waals surface area contributed by atoms with Gasteiger partial charge in [-0.25, -0.2) is 9.97 Å². The van der Waals surface area contributed by atoms with E-state index in [0.717, 1.165) is 19.3 Å². The second-order valence-corrected chi connectivity index (χ2v) is 6.54. The zero-order valence-corrected chi connectivity index (χ0v) is 16.2. The van der Waals surface area contributed by atoms with Gasteiger partial charge in [-0.2, -0.15) is 0 Å². The van der Waals surface area contributed by atoms with Gasteiger partial charge in [-0.1, -0.05) is 0 Å². The third kappa shape index (κ3) is 5.29. The van der Waals surface area contributed by atoms with E-state index < -0.39 is 0 Å². The van der Waals surface area contributed by atoms with E-state index in [4.69, 9.17) is 10.1 Å². The lowest BCUT2D eigenvalue weighted by Gasteiger charge is -2.15. The Kier molecular flexibility index (Phi) is 6.75. The van der Waals surface area contributed by atoms with Gasteiger partial charge in [-0.3, -0.25) is 9.69 Å². The number of carbonyl (C=O) groups excluding carboxylic acids is 1. The first kappa shape index (κ1) is 20.3. The first-order valence-electron chi connectivity index (χ1n) is 9.28. The zero-order valence-electron chi connectivity index (χ0n) is 16.2. The van der Waals surface area contributed by atoms with Crippen molar-refractivity contribution in [3.63, 3.8) is 0 Å². The number of likely N-dealkylation sites (tertiary alicyclic amines) is 1. The molecule has 0 radical (unpaired) electrons. The van der Waals surface area contributed by atoms with Crippen LogP contribution < -0.4 is 15.4 Å². The molecule has 0 aliphatic carbocycles. The molecule has 3 rings (SSSR count). The minimum absolute atomic E-state index is 0.195. The van der Waals surface area contributed by atoms with E-state index in [1.54, 1.807) is 24.3 Å². The molecule has 1 fully saturated rings. The van der Waals surface area contributed by atoms with Gasteiger partial charge in [0.25, 0.3) is 5.91 Å². The van der Waals surface area contributed by atoms with Gasteiger partial charge >= 0.3 is 0 Å². The Morgan fingerprint density at radius 1 is 1.28 bits per heavy atom. The number of carbonyl (C=O) groups is 1. The van der Waals surface area contributed by atoms with Crippen molar-refractivity contribution in [2.75, 3.05) is 32.2 Å². The highest BCUT2D eigenvalue weighted by Gasteiger charge is 2.14. The highest BCUT2D eigenvalue weighted by molar-refractivity contribution is 6.09. The summed E-state index contributed by atoms with van der Waals surface area (Å²) in [6.45, 7) is 2.54. The van der Waals surface area contributed by atoms with Gasteiger partial charge in [-0.15, -0.1) is 0 Å². The molecule has 0 aromatic carbocycles. The van der Waals surface area contributed by atoms with E-state index in [2.05, 4.69) is 25.5 Å². The molecule has 9 heteroatoms. The van der Waals surface area contributed by atoms with E-state index in [1.165, 1.54) is 32.3 Å². The van der Waals surface area contributed by atoms with E-state index in [9.17, 15) is 9.90 Å². The van der Waals surface area contributed by atoms with Crippen molar-refractivity contribution < 1.29 is 14.6 Å². The van der Waals surface area contributed by atoms with E-state index >= 15 is 0 Å². The van der Waals surface area contributed by atoms with E-state index in [-0.39, 0.29) is 17.4 Å². The molecule has 1 saturated heterocycles. The van der Waals surface area contributed by atoms with Gasteiger partial charge in [0.15, 0.2) is 5.88 Å². The number of nitrogens with one attached hydrogen (secondary N) is 3. The number of nitrogens with zero attached hydrogens (tertiary/aromatic N) is 3. The molecule has 29 heavy (non-hydrogen) atoms. The lowest BCUT2D eigenvalue weighted by molar-refractivity contribution is 0.0929. The molecule has 0 saturated carbocycles. The van der Waals surface area contributed by atoms with Crippen molar-refractivity contribution in [3.8, 4) is 5.88 Å². The number of amides is 1. The number of pyridine rings is 2. The van der Waals surface area contributed by atoms with Crippen LogP contribution in [0, 0.1) is 5.41 Å². The number of aliphatic hydroxyl groups excluding tert-OH is 1. The topological polar surface area (TPSA) is 123 Å². The summed E-state index contributed by atoms with van der Waals surface area (Å²) >= 11 is 0.